The summed E-state index contributed by atoms with van der Waals surface area (Å²) in [5, 5.41) is 2.55. The van der Waals surface area contributed by atoms with Crippen molar-refractivity contribution in [2.45, 2.75) is 45.5 Å². The Bertz CT molecular complexity index is 1010. The number of hydrogen-bond donors (Lipinski definition) is 1. The molecule has 1 aromatic rings. The third-order valence-corrected chi connectivity index (χ3v) is 6.36. The molecule has 0 spiro atoms. The molecule has 1 saturated heterocycles. The number of amides is 3. The maximum Gasteiger partial charge on any atom is 0.416 e. The van der Waals surface area contributed by atoms with Crippen molar-refractivity contribution in [3.05, 3.63) is 46.7 Å². The first-order chi connectivity index (χ1) is 16.5. The number of carbonyl (C=O) groups is 3. The first kappa shape index (κ1) is 26.5. The van der Waals surface area contributed by atoms with Crippen LogP contribution in [0.4, 0.5) is 18.0 Å². The summed E-state index contributed by atoms with van der Waals surface area (Å²) in [5.41, 5.74) is -0.924. The van der Waals surface area contributed by atoms with Crippen LogP contribution in [-0.4, -0.2) is 78.5 Å². The number of nitrogens with zero attached hydrogens (tertiary/aromatic N) is 3. The SMILES string of the molecule is CCOC(=O)C1=C(CN2CCN(C(=O)CC)C(C)C2)N(C)C(=O)NC1c1ccccc1C(F)(F)F. The molecule has 35 heavy (non-hydrogen) atoms. The van der Waals surface area contributed by atoms with Crippen molar-refractivity contribution in [2.75, 3.05) is 39.8 Å². The minimum atomic E-state index is -4.68. The van der Waals surface area contributed by atoms with Crippen LogP contribution in [0.15, 0.2) is 35.5 Å². The summed E-state index contributed by atoms with van der Waals surface area (Å²) in [6.07, 6.45) is -4.28. The monoisotopic (exact) mass is 496 g/mol. The van der Waals surface area contributed by atoms with Crippen molar-refractivity contribution in [2.24, 2.45) is 0 Å². The largest absolute Gasteiger partial charge is 0.463 e. The second-order valence-corrected chi connectivity index (χ2v) is 8.63. The maximum absolute atomic E-state index is 13.8. The van der Waals surface area contributed by atoms with E-state index in [0.29, 0.717) is 26.1 Å². The quantitative estimate of drug-likeness (QED) is 0.612. The fraction of sp³-hybridized carbons (Fsp3) is 0.542. The van der Waals surface area contributed by atoms with E-state index in [4.69, 9.17) is 4.74 Å². The number of benzene rings is 1. The summed E-state index contributed by atoms with van der Waals surface area (Å²) in [4.78, 5) is 43.1. The molecule has 0 radical (unpaired) electrons. The van der Waals surface area contributed by atoms with Crippen LogP contribution in [0, 0.1) is 0 Å². The second-order valence-electron chi connectivity index (χ2n) is 8.63. The first-order valence-corrected chi connectivity index (χ1v) is 11.6. The van der Waals surface area contributed by atoms with Gasteiger partial charge in [0.05, 0.1) is 23.8 Å². The summed E-state index contributed by atoms with van der Waals surface area (Å²) in [6.45, 7) is 6.95. The van der Waals surface area contributed by atoms with Crippen LogP contribution < -0.4 is 5.32 Å². The van der Waals surface area contributed by atoms with Crippen molar-refractivity contribution >= 4 is 17.9 Å². The number of carbonyl (C=O) groups excluding carboxylic acids is 3. The predicted molar refractivity (Wildman–Crippen MR) is 122 cm³/mol. The minimum Gasteiger partial charge on any atom is -0.463 e. The van der Waals surface area contributed by atoms with E-state index >= 15 is 0 Å². The highest BCUT2D eigenvalue weighted by atomic mass is 19.4. The Morgan fingerprint density at radius 1 is 1.17 bits per heavy atom. The lowest BCUT2D eigenvalue weighted by Crippen LogP contribution is -2.56. The number of likely N-dealkylation sites (N-methyl/N-ethyl adjacent to an activating group) is 1. The van der Waals surface area contributed by atoms with Gasteiger partial charge in [-0.15, -0.1) is 0 Å². The highest BCUT2D eigenvalue weighted by Crippen LogP contribution is 2.39. The number of esters is 1. The van der Waals surface area contributed by atoms with Gasteiger partial charge in [-0.05, 0) is 25.5 Å². The van der Waals surface area contributed by atoms with Crippen molar-refractivity contribution < 1.29 is 32.3 Å². The van der Waals surface area contributed by atoms with Gasteiger partial charge in [-0.1, -0.05) is 25.1 Å². The number of rotatable bonds is 6. The Labute approximate surface area is 202 Å². The standard InChI is InChI=1S/C24H31F3N4O4/c1-5-19(32)31-12-11-30(13-15(31)3)14-18-20(22(33)35-6-2)21(28-23(34)29(18)4)16-9-7-8-10-17(16)24(25,26)27/h7-10,15,21H,5-6,11-14H2,1-4H3,(H,28,34). The topological polar surface area (TPSA) is 82.2 Å². The Hall–Kier alpha value is -3.08. The molecule has 2 aliphatic rings. The van der Waals surface area contributed by atoms with Crippen LogP contribution in [0.1, 0.15) is 44.4 Å². The van der Waals surface area contributed by atoms with E-state index in [0.717, 1.165) is 6.07 Å². The summed E-state index contributed by atoms with van der Waals surface area (Å²) in [5.74, 6) is -0.745. The molecule has 0 aliphatic carbocycles. The van der Waals surface area contributed by atoms with E-state index < -0.39 is 29.8 Å². The third-order valence-electron chi connectivity index (χ3n) is 6.36. The van der Waals surface area contributed by atoms with Gasteiger partial charge in [0.15, 0.2) is 0 Å². The number of halogens is 3. The van der Waals surface area contributed by atoms with Gasteiger partial charge in [-0.25, -0.2) is 9.59 Å². The van der Waals surface area contributed by atoms with Crippen molar-refractivity contribution in [3.63, 3.8) is 0 Å². The summed E-state index contributed by atoms with van der Waals surface area (Å²) in [7, 11) is 1.47. The average molecular weight is 497 g/mol. The number of ether oxygens (including phenoxy) is 1. The summed E-state index contributed by atoms with van der Waals surface area (Å²) >= 11 is 0. The normalized spacial score (nSPS) is 21.7. The Balaban J connectivity index is 2.05. The fourth-order valence-electron chi connectivity index (χ4n) is 4.60. The van der Waals surface area contributed by atoms with Gasteiger partial charge in [0, 0.05) is 51.4 Å². The molecule has 3 amide bonds. The second kappa shape index (κ2) is 10.7. The van der Waals surface area contributed by atoms with Crippen molar-refractivity contribution in [1.82, 2.24) is 20.0 Å². The molecule has 8 nitrogen and oxygen atoms in total. The van der Waals surface area contributed by atoms with Crippen LogP contribution in [-0.2, 0) is 20.5 Å². The molecular formula is C24H31F3N4O4. The first-order valence-electron chi connectivity index (χ1n) is 11.6. The predicted octanol–water partition coefficient (Wildman–Crippen LogP) is 3.16. The summed E-state index contributed by atoms with van der Waals surface area (Å²) in [6, 6.07) is 2.83. The van der Waals surface area contributed by atoms with E-state index in [-0.39, 0.29) is 41.9 Å². The van der Waals surface area contributed by atoms with Gasteiger partial charge in [-0.2, -0.15) is 13.2 Å². The molecule has 1 N–H and O–H groups in total. The number of alkyl halides is 3. The van der Waals surface area contributed by atoms with E-state index in [1.54, 1.807) is 18.7 Å². The lowest BCUT2D eigenvalue weighted by Gasteiger charge is -2.42. The third kappa shape index (κ3) is 5.61. The Morgan fingerprint density at radius 3 is 2.46 bits per heavy atom. The number of urea groups is 1. The van der Waals surface area contributed by atoms with Gasteiger partial charge in [0.1, 0.15) is 0 Å². The lowest BCUT2D eigenvalue weighted by molar-refractivity contribution is -0.141. The van der Waals surface area contributed by atoms with Gasteiger partial charge < -0.3 is 15.0 Å². The zero-order valence-electron chi connectivity index (χ0n) is 20.3. The Kier molecular flexibility index (Phi) is 8.09. The average Bonchev–Trinajstić information content (AvgIpc) is 2.81. The zero-order valence-corrected chi connectivity index (χ0v) is 20.3. The highest BCUT2D eigenvalue weighted by molar-refractivity contribution is 5.95. The number of hydrogen-bond acceptors (Lipinski definition) is 5. The molecule has 3 rings (SSSR count). The van der Waals surface area contributed by atoms with Crippen LogP contribution >= 0.6 is 0 Å². The van der Waals surface area contributed by atoms with E-state index in [2.05, 4.69) is 5.32 Å². The van der Waals surface area contributed by atoms with Crippen LogP contribution in [0.25, 0.3) is 0 Å². The van der Waals surface area contributed by atoms with Crippen LogP contribution in [0.3, 0.4) is 0 Å². The van der Waals surface area contributed by atoms with Crippen LogP contribution in [0.2, 0.25) is 0 Å². The molecule has 1 aromatic carbocycles. The van der Waals surface area contributed by atoms with Gasteiger partial charge in [-0.3, -0.25) is 14.6 Å². The molecule has 2 atom stereocenters. The maximum atomic E-state index is 13.8. The van der Waals surface area contributed by atoms with Gasteiger partial charge >= 0.3 is 18.2 Å². The molecular weight excluding hydrogens is 465 g/mol. The van der Waals surface area contributed by atoms with Crippen molar-refractivity contribution in [3.8, 4) is 0 Å². The molecule has 11 heteroatoms. The molecule has 0 aromatic heterocycles. The molecule has 2 heterocycles. The molecule has 0 saturated carbocycles. The fourth-order valence-corrected chi connectivity index (χ4v) is 4.60. The molecule has 2 aliphatic heterocycles. The molecule has 2 unspecified atom stereocenters. The van der Waals surface area contributed by atoms with Crippen molar-refractivity contribution in [1.29, 1.82) is 0 Å². The van der Waals surface area contributed by atoms with E-state index in [1.165, 1.54) is 30.1 Å². The Morgan fingerprint density at radius 2 is 1.86 bits per heavy atom. The smallest absolute Gasteiger partial charge is 0.416 e. The molecule has 192 valence electrons. The van der Waals surface area contributed by atoms with E-state index in [9.17, 15) is 27.6 Å². The summed E-state index contributed by atoms with van der Waals surface area (Å²) < 4.78 is 46.6. The zero-order chi connectivity index (χ0) is 25.9. The van der Waals surface area contributed by atoms with E-state index in [1.807, 2.05) is 11.8 Å². The highest BCUT2D eigenvalue weighted by Gasteiger charge is 2.42. The number of nitrogens with one attached hydrogen (secondary N) is 1. The van der Waals surface area contributed by atoms with Gasteiger partial charge in [0.25, 0.3) is 0 Å². The van der Waals surface area contributed by atoms with Gasteiger partial charge in [0.2, 0.25) is 5.91 Å². The molecule has 0 bridgehead atoms. The van der Waals surface area contributed by atoms with Crippen LogP contribution in [0.5, 0.6) is 0 Å². The molecule has 1 fully saturated rings. The minimum absolute atomic E-state index is 0.0236. The number of piperazine rings is 1. The lowest BCUT2D eigenvalue weighted by atomic mass is 9.90.